The second-order valence-electron chi connectivity index (χ2n) is 5.35. The molecule has 2 N–H and O–H groups in total. The van der Waals surface area contributed by atoms with Crippen LogP contribution in [0.1, 0.15) is 5.56 Å². The normalized spacial score (nSPS) is 11.1. The van der Waals surface area contributed by atoms with Gasteiger partial charge in [-0.2, -0.15) is 0 Å². The Morgan fingerprint density at radius 3 is 2.38 bits per heavy atom. The van der Waals surface area contributed by atoms with Crippen molar-refractivity contribution in [1.82, 2.24) is 4.72 Å². The van der Waals surface area contributed by atoms with Crippen LogP contribution in [0.3, 0.4) is 0 Å². The lowest BCUT2D eigenvalue weighted by Crippen LogP contribution is -2.33. The minimum atomic E-state index is -3.89. The topological polar surface area (TPSA) is 93.7 Å². The fraction of sp³-hybridized carbons (Fsp3) is 0.235. The first-order valence-electron chi connectivity index (χ1n) is 7.54. The smallest absolute Gasteiger partial charge is 0.241 e. The molecule has 0 aliphatic carbocycles. The number of nitrogens with one attached hydrogen (secondary N) is 2. The second-order valence-corrected chi connectivity index (χ2v) is 7.55. The Labute approximate surface area is 157 Å². The number of methoxy groups -OCH3 is 2. The van der Waals surface area contributed by atoms with Crippen LogP contribution in [0.4, 0.5) is 5.69 Å². The number of aryl methyl sites for hydroxylation is 1. The lowest BCUT2D eigenvalue weighted by atomic mass is 10.2. The van der Waals surface area contributed by atoms with Gasteiger partial charge in [-0.3, -0.25) is 4.79 Å². The van der Waals surface area contributed by atoms with Crippen molar-refractivity contribution in [2.45, 2.75) is 11.8 Å². The summed E-state index contributed by atoms with van der Waals surface area (Å²) in [7, 11) is -1.03. The number of rotatable bonds is 7. The molecule has 0 fully saturated rings. The van der Waals surface area contributed by atoms with E-state index >= 15 is 0 Å². The molecule has 1 amide bonds. The molecule has 0 spiro atoms. The predicted molar refractivity (Wildman–Crippen MR) is 99.6 cm³/mol. The maximum Gasteiger partial charge on any atom is 0.241 e. The molecule has 0 saturated carbocycles. The van der Waals surface area contributed by atoms with Gasteiger partial charge in [-0.15, -0.1) is 0 Å². The number of carbonyl (C=O) groups excluding carboxylic acids is 1. The van der Waals surface area contributed by atoms with Gasteiger partial charge < -0.3 is 14.8 Å². The first-order valence-corrected chi connectivity index (χ1v) is 9.40. The zero-order chi connectivity index (χ0) is 19.3. The molecule has 0 unspecified atom stereocenters. The summed E-state index contributed by atoms with van der Waals surface area (Å²) in [6.45, 7) is 1.37. The predicted octanol–water partition coefficient (Wildman–Crippen LogP) is 2.58. The van der Waals surface area contributed by atoms with E-state index < -0.39 is 22.5 Å². The van der Waals surface area contributed by atoms with Gasteiger partial charge in [0.1, 0.15) is 0 Å². The van der Waals surface area contributed by atoms with Crippen LogP contribution >= 0.6 is 11.6 Å². The summed E-state index contributed by atoms with van der Waals surface area (Å²) in [4.78, 5) is 12.0. The highest BCUT2D eigenvalue weighted by molar-refractivity contribution is 7.89. The molecule has 0 aliphatic heterocycles. The minimum absolute atomic E-state index is 0.0365. The van der Waals surface area contributed by atoms with E-state index in [-0.39, 0.29) is 10.6 Å². The van der Waals surface area contributed by atoms with E-state index in [2.05, 4.69) is 10.0 Å². The van der Waals surface area contributed by atoms with Crippen LogP contribution in [0.15, 0.2) is 41.3 Å². The van der Waals surface area contributed by atoms with Gasteiger partial charge in [0.2, 0.25) is 15.9 Å². The van der Waals surface area contributed by atoms with Crippen molar-refractivity contribution < 1.29 is 22.7 Å². The number of benzene rings is 2. The van der Waals surface area contributed by atoms with E-state index in [1.807, 2.05) is 0 Å². The van der Waals surface area contributed by atoms with Crippen molar-refractivity contribution in [3.05, 3.63) is 47.0 Å². The highest BCUT2D eigenvalue weighted by Crippen LogP contribution is 2.29. The molecule has 26 heavy (non-hydrogen) atoms. The van der Waals surface area contributed by atoms with E-state index in [4.69, 9.17) is 21.1 Å². The van der Waals surface area contributed by atoms with E-state index in [0.717, 1.165) is 5.56 Å². The number of sulfonamides is 1. The van der Waals surface area contributed by atoms with Crippen LogP contribution in [-0.2, 0) is 14.8 Å². The molecular weight excluding hydrogens is 380 g/mol. The third kappa shape index (κ3) is 4.87. The summed E-state index contributed by atoms with van der Waals surface area (Å²) in [5.41, 5.74) is 1.33. The van der Waals surface area contributed by atoms with Crippen LogP contribution in [-0.4, -0.2) is 35.1 Å². The van der Waals surface area contributed by atoms with Crippen molar-refractivity contribution in [2.24, 2.45) is 0 Å². The van der Waals surface area contributed by atoms with Crippen LogP contribution in [0.2, 0.25) is 5.02 Å². The number of anilines is 1. The average molecular weight is 399 g/mol. The molecule has 0 heterocycles. The Hall–Kier alpha value is -2.29. The quantitative estimate of drug-likeness (QED) is 0.747. The number of hydrogen-bond acceptors (Lipinski definition) is 5. The lowest BCUT2D eigenvalue weighted by Gasteiger charge is -2.12. The Morgan fingerprint density at radius 1 is 1.08 bits per heavy atom. The SMILES string of the molecule is COc1ccc(S(=O)(=O)NCC(=O)Nc2ccc(Cl)cc2C)cc1OC. The van der Waals surface area contributed by atoms with Crippen LogP contribution in [0.25, 0.3) is 0 Å². The zero-order valence-corrected chi connectivity index (χ0v) is 16.1. The number of carbonyl (C=O) groups is 1. The van der Waals surface area contributed by atoms with Gasteiger partial charge in [0, 0.05) is 16.8 Å². The summed E-state index contributed by atoms with van der Waals surface area (Å²) in [5.74, 6) is 0.179. The van der Waals surface area contributed by atoms with Crippen LogP contribution < -0.4 is 19.5 Å². The Balaban J connectivity index is 2.06. The molecule has 0 radical (unpaired) electrons. The Bertz CT molecular complexity index is 915. The summed E-state index contributed by atoms with van der Waals surface area (Å²) >= 11 is 5.87. The molecule has 9 heteroatoms. The average Bonchev–Trinajstić information content (AvgIpc) is 2.61. The largest absolute Gasteiger partial charge is 0.493 e. The first-order chi connectivity index (χ1) is 12.3. The maximum absolute atomic E-state index is 12.4. The van der Waals surface area contributed by atoms with Crippen molar-refractivity contribution in [3.63, 3.8) is 0 Å². The molecule has 2 aromatic rings. The third-order valence-corrected chi connectivity index (χ3v) is 5.18. The molecule has 0 bridgehead atoms. The third-order valence-electron chi connectivity index (χ3n) is 3.55. The van der Waals surface area contributed by atoms with Crippen molar-refractivity contribution >= 4 is 33.2 Å². The summed E-state index contributed by atoms with van der Waals surface area (Å²) in [6.07, 6.45) is 0. The standard InChI is InChI=1S/C17H19ClN2O5S/c1-11-8-12(18)4-6-14(11)20-17(21)10-19-26(22,23)13-5-7-15(24-2)16(9-13)25-3/h4-9,19H,10H2,1-3H3,(H,20,21). The van der Waals surface area contributed by atoms with Gasteiger partial charge in [-0.05, 0) is 42.8 Å². The molecule has 0 saturated heterocycles. The molecular formula is C17H19ClN2O5S. The maximum atomic E-state index is 12.4. The summed E-state index contributed by atoms with van der Waals surface area (Å²) in [5, 5.41) is 3.18. The number of hydrogen-bond donors (Lipinski definition) is 2. The van der Waals surface area contributed by atoms with E-state index in [0.29, 0.717) is 16.5 Å². The molecule has 0 aliphatic rings. The molecule has 0 aromatic heterocycles. The fourth-order valence-corrected chi connectivity index (χ4v) is 3.41. The molecule has 140 valence electrons. The Kier molecular flexibility index (Phi) is 6.47. The van der Waals surface area contributed by atoms with Crippen LogP contribution in [0, 0.1) is 6.92 Å². The van der Waals surface area contributed by atoms with Gasteiger partial charge in [-0.25, -0.2) is 13.1 Å². The van der Waals surface area contributed by atoms with E-state index in [1.54, 1.807) is 25.1 Å². The second kappa shape index (κ2) is 8.39. The van der Waals surface area contributed by atoms with Crippen molar-refractivity contribution in [3.8, 4) is 11.5 Å². The Morgan fingerprint density at radius 2 is 1.77 bits per heavy atom. The van der Waals surface area contributed by atoms with E-state index in [1.165, 1.54) is 32.4 Å². The highest BCUT2D eigenvalue weighted by Gasteiger charge is 2.18. The summed E-state index contributed by atoms with van der Waals surface area (Å²) in [6, 6.07) is 9.15. The number of halogens is 1. The van der Waals surface area contributed by atoms with Gasteiger partial charge in [0.25, 0.3) is 0 Å². The first kappa shape index (κ1) is 20.0. The number of amides is 1. The fourth-order valence-electron chi connectivity index (χ4n) is 2.19. The van der Waals surface area contributed by atoms with Gasteiger partial charge in [0.15, 0.2) is 11.5 Å². The van der Waals surface area contributed by atoms with Gasteiger partial charge in [-0.1, -0.05) is 11.6 Å². The van der Waals surface area contributed by atoms with Crippen LogP contribution in [0.5, 0.6) is 11.5 Å². The van der Waals surface area contributed by atoms with Crippen molar-refractivity contribution in [2.75, 3.05) is 26.1 Å². The number of ether oxygens (including phenoxy) is 2. The monoisotopic (exact) mass is 398 g/mol. The van der Waals surface area contributed by atoms with Gasteiger partial charge in [0.05, 0.1) is 25.7 Å². The highest BCUT2D eigenvalue weighted by atomic mass is 35.5. The molecule has 7 nitrogen and oxygen atoms in total. The van der Waals surface area contributed by atoms with Gasteiger partial charge >= 0.3 is 0 Å². The lowest BCUT2D eigenvalue weighted by molar-refractivity contribution is -0.115. The molecule has 2 rings (SSSR count). The summed E-state index contributed by atoms with van der Waals surface area (Å²) < 4.78 is 37.1. The molecule has 2 aromatic carbocycles. The van der Waals surface area contributed by atoms with Crippen molar-refractivity contribution in [1.29, 1.82) is 0 Å². The van der Waals surface area contributed by atoms with E-state index in [9.17, 15) is 13.2 Å². The minimum Gasteiger partial charge on any atom is -0.493 e. The molecule has 0 atom stereocenters. The zero-order valence-electron chi connectivity index (χ0n) is 14.5.